The zero-order chi connectivity index (χ0) is 23.6. The molecular formula is C23H34N2O6. The Morgan fingerprint density at radius 2 is 1.58 bits per heavy atom. The van der Waals surface area contributed by atoms with Crippen LogP contribution in [0, 0.1) is 5.92 Å². The Morgan fingerprint density at radius 1 is 0.968 bits per heavy atom. The Labute approximate surface area is 184 Å². The summed E-state index contributed by atoms with van der Waals surface area (Å²) in [6.07, 6.45) is -0.636. The third-order valence-corrected chi connectivity index (χ3v) is 4.23. The van der Waals surface area contributed by atoms with Gasteiger partial charge in [0.2, 0.25) is 5.91 Å². The molecule has 0 heterocycles. The van der Waals surface area contributed by atoms with Gasteiger partial charge in [0.15, 0.2) is 5.78 Å². The molecule has 2 amide bonds. The normalized spacial score (nSPS) is 13.1. The molecule has 1 aromatic rings. The summed E-state index contributed by atoms with van der Waals surface area (Å²) in [7, 11) is 1.24. The van der Waals surface area contributed by atoms with Crippen LogP contribution in [0.1, 0.15) is 53.0 Å². The number of rotatable bonds is 10. The molecule has 0 spiro atoms. The van der Waals surface area contributed by atoms with E-state index in [9.17, 15) is 19.2 Å². The maximum absolute atomic E-state index is 12.9. The van der Waals surface area contributed by atoms with E-state index in [2.05, 4.69) is 10.6 Å². The minimum atomic E-state index is -0.954. The van der Waals surface area contributed by atoms with Crippen molar-refractivity contribution in [1.82, 2.24) is 10.6 Å². The molecule has 31 heavy (non-hydrogen) atoms. The maximum atomic E-state index is 12.9. The van der Waals surface area contributed by atoms with E-state index < -0.39 is 47.9 Å². The number of Topliss-reactive ketones (excluding diaryl/α,β-unsaturated/α-hetero) is 1. The van der Waals surface area contributed by atoms with Crippen molar-refractivity contribution in [3.63, 3.8) is 0 Å². The van der Waals surface area contributed by atoms with Gasteiger partial charge in [-0.2, -0.15) is 0 Å². The minimum absolute atomic E-state index is 0.139. The highest BCUT2D eigenvalue weighted by Crippen LogP contribution is 2.11. The van der Waals surface area contributed by atoms with Gasteiger partial charge in [-0.05, 0) is 45.1 Å². The summed E-state index contributed by atoms with van der Waals surface area (Å²) in [6.45, 7) is 8.98. The fourth-order valence-corrected chi connectivity index (χ4v) is 2.90. The molecule has 2 N–H and O–H groups in total. The first-order valence-corrected chi connectivity index (χ1v) is 10.3. The largest absolute Gasteiger partial charge is 0.467 e. The lowest BCUT2D eigenvalue weighted by Crippen LogP contribution is -2.47. The van der Waals surface area contributed by atoms with Gasteiger partial charge in [0, 0.05) is 0 Å². The van der Waals surface area contributed by atoms with Crippen molar-refractivity contribution < 1.29 is 28.7 Å². The number of carbonyl (C=O) groups excluding carboxylic acids is 4. The molecule has 2 atom stereocenters. The third-order valence-electron chi connectivity index (χ3n) is 4.23. The fourth-order valence-electron chi connectivity index (χ4n) is 2.90. The van der Waals surface area contributed by atoms with Gasteiger partial charge < -0.3 is 20.1 Å². The van der Waals surface area contributed by atoms with Crippen molar-refractivity contribution in [3.05, 3.63) is 35.9 Å². The second kappa shape index (κ2) is 12.1. The van der Waals surface area contributed by atoms with E-state index in [0.717, 1.165) is 5.56 Å². The van der Waals surface area contributed by atoms with Crippen LogP contribution in [0.5, 0.6) is 0 Å². The van der Waals surface area contributed by atoms with Crippen LogP contribution in [0.2, 0.25) is 0 Å². The first-order chi connectivity index (χ1) is 14.4. The molecule has 0 saturated carbocycles. The van der Waals surface area contributed by atoms with Crippen molar-refractivity contribution in [1.29, 1.82) is 0 Å². The maximum Gasteiger partial charge on any atom is 0.408 e. The van der Waals surface area contributed by atoms with E-state index >= 15 is 0 Å². The van der Waals surface area contributed by atoms with Crippen molar-refractivity contribution in [2.75, 3.05) is 7.11 Å². The highest BCUT2D eigenvalue weighted by Gasteiger charge is 2.28. The topological polar surface area (TPSA) is 111 Å². The van der Waals surface area contributed by atoms with Crippen LogP contribution in [0.15, 0.2) is 30.3 Å². The Morgan fingerprint density at radius 3 is 2.10 bits per heavy atom. The number of nitrogens with one attached hydrogen (secondary N) is 2. The molecule has 0 aromatic heterocycles. The van der Waals surface area contributed by atoms with Crippen LogP contribution in [-0.2, 0) is 30.3 Å². The molecule has 8 nitrogen and oxygen atoms in total. The summed E-state index contributed by atoms with van der Waals surface area (Å²) in [5, 5.41) is 5.13. The number of hydrogen-bond donors (Lipinski definition) is 2. The van der Waals surface area contributed by atoms with Gasteiger partial charge in [-0.1, -0.05) is 44.2 Å². The summed E-state index contributed by atoms with van der Waals surface area (Å²) < 4.78 is 9.98. The molecule has 0 radical (unpaired) electrons. The summed E-state index contributed by atoms with van der Waals surface area (Å²) in [6, 6.07) is 7.35. The monoisotopic (exact) mass is 434 g/mol. The van der Waals surface area contributed by atoms with Crippen molar-refractivity contribution in [3.8, 4) is 0 Å². The number of ketones is 1. The van der Waals surface area contributed by atoms with Gasteiger partial charge in [-0.3, -0.25) is 9.59 Å². The number of amides is 2. The van der Waals surface area contributed by atoms with Crippen molar-refractivity contribution in [2.24, 2.45) is 5.92 Å². The van der Waals surface area contributed by atoms with E-state index in [0.29, 0.717) is 6.42 Å². The Kier molecular flexibility index (Phi) is 10.2. The highest BCUT2D eigenvalue weighted by molar-refractivity contribution is 6.02. The van der Waals surface area contributed by atoms with Crippen LogP contribution >= 0.6 is 0 Å². The number of esters is 1. The quantitative estimate of drug-likeness (QED) is 0.433. The first kappa shape index (κ1) is 26.1. The van der Waals surface area contributed by atoms with Crippen LogP contribution in [-0.4, -0.2) is 48.5 Å². The highest BCUT2D eigenvalue weighted by atomic mass is 16.6. The Hall–Kier alpha value is -2.90. The molecular weight excluding hydrogens is 400 g/mol. The second-order valence-electron chi connectivity index (χ2n) is 8.80. The van der Waals surface area contributed by atoms with E-state index in [1.54, 1.807) is 20.8 Å². The van der Waals surface area contributed by atoms with E-state index in [1.807, 2.05) is 44.2 Å². The molecule has 1 aromatic carbocycles. The van der Waals surface area contributed by atoms with Gasteiger partial charge >= 0.3 is 12.1 Å². The lowest BCUT2D eigenvalue weighted by Gasteiger charge is -2.23. The second-order valence-corrected chi connectivity index (χ2v) is 8.80. The number of benzene rings is 1. The molecule has 0 unspecified atom stereocenters. The van der Waals surface area contributed by atoms with E-state index in [4.69, 9.17) is 9.47 Å². The molecule has 1 rings (SSSR count). The molecule has 0 aliphatic heterocycles. The van der Waals surface area contributed by atoms with E-state index in [1.165, 1.54) is 7.11 Å². The molecule has 0 fully saturated rings. The Bertz CT molecular complexity index is 755. The smallest absolute Gasteiger partial charge is 0.408 e. The predicted molar refractivity (Wildman–Crippen MR) is 116 cm³/mol. The summed E-state index contributed by atoms with van der Waals surface area (Å²) in [5.41, 5.74) is 0.0939. The molecule has 172 valence electrons. The zero-order valence-corrected chi connectivity index (χ0v) is 19.2. The fraction of sp³-hybridized carbons (Fsp3) is 0.565. The van der Waals surface area contributed by atoms with Gasteiger partial charge in [0.1, 0.15) is 11.6 Å². The molecule has 0 aliphatic carbocycles. The number of ether oxygens (including phenoxy) is 2. The average molecular weight is 435 g/mol. The molecule has 0 saturated heterocycles. The van der Waals surface area contributed by atoms with Crippen LogP contribution in [0.25, 0.3) is 0 Å². The van der Waals surface area contributed by atoms with Crippen molar-refractivity contribution in [2.45, 2.75) is 71.6 Å². The molecule has 8 heteroatoms. The minimum Gasteiger partial charge on any atom is -0.467 e. The van der Waals surface area contributed by atoms with Gasteiger partial charge in [0.05, 0.1) is 19.6 Å². The molecule has 0 aliphatic rings. The predicted octanol–water partition coefficient (Wildman–Crippen LogP) is 2.79. The number of hydrogen-bond acceptors (Lipinski definition) is 6. The molecule has 0 bridgehead atoms. The lowest BCUT2D eigenvalue weighted by molar-refractivity contribution is -0.146. The first-order valence-electron chi connectivity index (χ1n) is 10.3. The van der Waals surface area contributed by atoms with Crippen LogP contribution in [0.4, 0.5) is 4.79 Å². The SMILES string of the molecule is COC(=O)[C@H](CC(C)C)NC(=O)CC(=O)[C@@H](Cc1ccccc1)NC(=O)OC(C)(C)C. The van der Waals surface area contributed by atoms with Gasteiger partial charge in [-0.15, -0.1) is 0 Å². The van der Waals surface area contributed by atoms with Crippen LogP contribution < -0.4 is 10.6 Å². The number of carbonyl (C=O) groups is 4. The summed E-state index contributed by atoms with van der Waals surface area (Å²) in [5.74, 6) is -1.52. The van der Waals surface area contributed by atoms with Crippen molar-refractivity contribution >= 4 is 23.8 Å². The lowest BCUT2D eigenvalue weighted by atomic mass is 9.99. The van der Waals surface area contributed by atoms with Crippen LogP contribution in [0.3, 0.4) is 0 Å². The summed E-state index contributed by atoms with van der Waals surface area (Å²) >= 11 is 0. The van der Waals surface area contributed by atoms with Gasteiger partial charge in [-0.25, -0.2) is 9.59 Å². The summed E-state index contributed by atoms with van der Waals surface area (Å²) in [4.78, 5) is 49.5. The zero-order valence-electron chi connectivity index (χ0n) is 19.2. The number of alkyl carbamates (subject to hydrolysis) is 1. The standard InChI is InChI=1S/C23H34N2O6/c1-15(2)12-18(21(28)30-6)24-20(27)14-19(26)17(13-16-10-8-7-9-11-16)25-22(29)31-23(3,4)5/h7-11,15,17-18H,12-14H2,1-6H3,(H,24,27)(H,25,29)/t17-,18+/m1/s1. The Balaban J connectivity index is 2.88. The third kappa shape index (κ3) is 10.6. The average Bonchev–Trinajstić information content (AvgIpc) is 2.65. The van der Waals surface area contributed by atoms with Gasteiger partial charge in [0.25, 0.3) is 0 Å². The van der Waals surface area contributed by atoms with E-state index in [-0.39, 0.29) is 12.3 Å². The number of methoxy groups -OCH3 is 1.